The van der Waals surface area contributed by atoms with Gasteiger partial charge in [0.1, 0.15) is 0 Å². The van der Waals surface area contributed by atoms with Gasteiger partial charge in [-0.3, -0.25) is 4.90 Å². The van der Waals surface area contributed by atoms with Gasteiger partial charge in [0.15, 0.2) is 0 Å². The van der Waals surface area contributed by atoms with Gasteiger partial charge in [0.05, 0.1) is 0 Å². The zero-order valence-electron chi connectivity index (χ0n) is 13.1. The Kier molecular flexibility index (Phi) is 3.95. The van der Waals surface area contributed by atoms with Crippen LogP contribution < -0.4 is 5.32 Å². The molecule has 0 radical (unpaired) electrons. The fourth-order valence-corrected chi connectivity index (χ4v) is 4.41. The summed E-state index contributed by atoms with van der Waals surface area (Å²) in [4.78, 5) is 2.79. The number of thiophene rings is 1. The van der Waals surface area contributed by atoms with E-state index in [0.29, 0.717) is 11.1 Å². The predicted molar refractivity (Wildman–Crippen MR) is 87.2 cm³/mol. The Hall–Kier alpha value is -0.380. The van der Waals surface area contributed by atoms with Crippen molar-refractivity contribution < 1.29 is 0 Å². The molecular weight excluding hydrogens is 264 g/mol. The van der Waals surface area contributed by atoms with E-state index in [-0.39, 0.29) is 0 Å². The largest absolute Gasteiger partial charge is 0.308 e. The summed E-state index contributed by atoms with van der Waals surface area (Å²) in [5, 5.41) is 8.44. The molecule has 1 N–H and O–H groups in total. The van der Waals surface area contributed by atoms with Crippen molar-refractivity contribution in [3.05, 3.63) is 22.4 Å². The molecule has 1 saturated carbocycles. The minimum Gasteiger partial charge on any atom is -0.308 e. The Balaban J connectivity index is 1.82. The van der Waals surface area contributed by atoms with Gasteiger partial charge in [0.25, 0.3) is 0 Å². The van der Waals surface area contributed by atoms with Gasteiger partial charge in [-0.1, -0.05) is 13.8 Å². The molecule has 1 aliphatic heterocycles. The predicted octanol–water partition coefficient (Wildman–Crippen LogP) is 3.88. The van der Waals surface area contributed by atoms with Crippen molar-refractivity contribution in [1.82, 2.24) is 10.2 Å². The third kappa shape index (κ3) is 2.56. The summed E-state index contributed by atoms with van der Waals surface area (Å²) in [6, 6.07) is 2.29. The monoisotopic (exact) mass is 292 g/mol. The molecule has 2 aliphatic rings. The highest BCUT2D eigenvalue weighted by Crippen LogP contribution is 2.46. The lowest BCUT2D eigenvalue weighted by molar-refractivity contribution is -0.00836. The average Bonchev–Trinajstić information content (AvgIpc) is 3.21. The van der Waals surface area contributed by atoms with E-state index >= 15 is 0 Å². The van der Waals surface area contributed by atoms with Crippen molar-refractivity contribution in [2.45, 2.75) is 64.1 Å². The molecule has 1 aromatic heterocycles. The second kappa shape index (κ2) is 5.43. The van der Waals surface area contributed by atoms with Crippen LogP contribution in [0.5, 0.6) is 0 Å². The number of nitrogens with one attached hydrogen (secondary N) is 1. The lowest BCUT2D eigenvalue weighted by atomic mass is 9.81. The van der Waals surface area contributed by atoms with Crippen molar-refractivity contribution in [2.75, 3.05) is 13.1 Å². The van der Waals surface area contributed by atoms with E-state index in [2.05, 4.69) is 47.8 Å². The quantitative estimate of drug-likeness (QED) is 0.886. The number of nitrogens with zero attached hydrogens (tertiary/aromatic N) is 1. The number of hydrogen-bond donors (Lipinski definition) is 1. The van der Waals surface area contributed by atoms with Gasteiger partial charge in [0, 0.05) is 30.7 Å². The van der Waals surface area contributed by atoms with Gasteiger partial charge in [0.2, 0.25) is 0 Å². The first-order valence-corrected chi connectivity index (χ1v) is 9.07. The van der Waals surface area contributed by atoms with Gasteiger partial charge < -0.3 is 5.32 Å². The molecule has 0 aromatic carbocycles. The first kappa shape index (κ1) is 14.6. The summed E-state index contributed by atoms with van der Waals surface area (Å²) in [5.41, 5.74) is 2.17. The van der Waals surface area contributed by atoms with Crippen LogP contribution in [-0.4, -0.2) is 29.1 Å². The molecular formula is C17H28N2S. The summed E-state index contributed by atoms with van der Waals surface area (Å²) >= 11 is 1.82. The molecule has 2 nitrogen and oxygen atoms in total. The molecule has 3 rings (SSSR count). The fraction of sp³-hybridized carbons (Fsp3) is 0.765. The van der Waals surface area contributed by atoms with Crippen LogP contribution >= 0.6 is 11.3 Å². The lowest BCUT2D eigenvalue weighted by Gasteiger charge is -2.53. The van der Waals surface area contributed by atoms with Crippen LogP contribution in [0.25, 0.3) is 0 Å². The Bertz CT molecular complexity index is 434. The first-order valence-electron chi connectivity index (χ1n) is 8.13. The van der Waals surface area contributed by atoms with Crippen LogP contribution in [0.4, 0.5) is 0 Å². The Morgan fingerprint density at radius 3 is 2.65 bits per heavy atom. The molecule has 0 spiro atoms. The van der Waals surface area contributed by atoms with Gasteiger partial charge in [-0.05, 0) is 60.9 Å². The highest BCUT2D eigenvalue weighted by molar-refractivity contribution is 7.07. The molecule has 1 atom stereocenters. The van der Waals surface area contributed by atoms with Crippen LogP contribution in [0.3, 0.4) is 0 Å². The maximum Gasteiger partial charge on any atom is 0.0338 e. The van der Waals surface area contributed by atoms with Crippen LogP contribution in [0.2, 0.25) is 0 Å². The van der Waals surface area contributed by atoms with Crippen molar-refractivity contribution in [2.24, 2.45) is 5.92 Å². The van der Waals surface area contributed by atoms with E-state index in [4.69, 9.17) is 0 Å². The molecule has 1 aromatic rings. The highest BCUT2D eigenvalue weighted by Gasteiger charge is 2.50. The molecule has 0 amide bonds. The molecule has 2 fully saturated rings. The van der Waals surface area contributed by atoms with Gasteiger partial charge in [-0.15, -0.1) is 0 Å². The Labute approximate surface area is 127 Å². The number of hydrogen-bond acceptors (Lipinski definition) is 3. The van der Waals surface area contributed by atoms with E-state index in [1.54, 1.807) is 0 Å². The third-order valence-electron chi connectivity index (χ3n) is 5.80. The zero-order chi connectivity index (χ0) is 14.2. The Morgan fingerprint density at radius 2 is 2.10 bits per heavy atom. The van der Waals surface area contributed by atoms with Crippen LogP contribution in [-0.2, 0) is 6.54 Å². The van der Waals surface area contributed by atoms with E-state index in [1.807, 2.05) is 11.3 Å². The summed E-state index contributed by atoms with van der Waals surface area (Å²) in [6.45, 7) is 10.6. The van der Waals surface area contributed by atoms with E-state index < -0.39 is 0 Å². The third-order valence-corrected chi connectivity index (χ3v) is 6.53. The summed E-state index contributed by atoms with van der Waals surface area (Å²) in [7, 11) is 0. The average molecular weight is 292 g/mol. The second-order valence-electron chi connectivity index (χ2n) is 6.96. The minimum atomic E-state index is 0.324. The zero-order valence-corrected chi connectivity index (χ0v) is 13.9. The van der Waals surface area contributed by atoms with Gasteiger partial charge in [-0.2, -0.15) is 11.3 Å². The van der Waals surface area contributed by atoms with E-state index in [1.165, 1.54) is 37.8 Å². The molecule has 1 aliphatic carbocycles. The van der Waals surface area contributed by atoms with Crippen LogP contribution in [0.1, 0.15) is 52.0 Å². The van der Waals surface area contributed by atoms with Crippen molar-refractivity contribution in [1.29, 1.82) is 0 Å². The van der Waals surface area contributed by atoms with Crippen LogP contribution in [0.15, 0.2) is 16.8 Å². The number of rotatable bonds is 5. The van der Waals surface area contributed by atoms with Crippen molar-refractivity contribution in [3.8, 4) is 0 Å². The maximum atomic E-state index is 3.91. The standard InChI is InChI=1S/C17H28N2S/c1-4-17(5-2)13-19(10-14-8-9-20-11-14)16(3,12-18-17)15-6-7-15/h8-9,11,15,18H,4-7,10,12-13H2,1-3H3. The maximum absolute atomic E-state index is 3.91. The van der Waals surface area contributed by atoms with E-state index in [0.717, 1.165) is 19.0 Å². The molecule has 3 heteroatoms. The molecule has 2 heterocycles. The van der Waals surface area contributed by atoms with Crippen molar-refractivity contribution >= 4 is 11.3 Å². The van der Waals surface area contributed by atoms with Crippen molar-refractivity contribution in [3.63, 3.8) is 0 Å². The minimum absolute atomic E-state index is 0.324. The molecule has 1 saturated heterocycles. The van der Waals surface area contributed by atoms with Gasteiger partial charge >= 0.3 is 0 Å². The molecule has 1 unspecified atom stereocenters. The lowest BCUT2D eigenvalue weighted by Crippen LogP contribution is -2.69. The topological polar surface area (TPSA) is 15.3 Å². The highest BCUT2D eigenvalue weighted by atomic mass is 32.1. The fourth-order valence-electron chi connectivity index (χ4n) is 3.75. The normalized spacial score (nSPS) is 30.6. The van der Waals surface area contributed by atoms with E-state index in [9.17, 15) is 0 Å². The van der Waals surface area contributed by atoms with Gasteiger partial charge in [-0.25, -0.2) is 0 Å². The molecule has 112 valence electrons. The second-order valence-corrected chi connectivity index (χ2v) is 7.74. The number of piperazine rings is 1. The first-order chi connectivity index (χ1) is 9.62. The van der Waals surface area contributed by atoms with Crippen LogP contribution in [0, 0.1) is 5.92 Å². The SMILES string of the molecule is CCC1(CC)CN(Cc2ccsc2)C(C)(C2CC2)CN1. The summed E-state index contributed by atoms with van der Waals surface area (Å²) in [6.07, 6.45) is 5.29. The smallest absolute Gasteiger partial charge is 0.0338 e. The summed E-state index contributed by atoms with van der Waals surface area (Å²) < 4.78 is 0. The molecule has 0 bridgehead atoms. The summed E-state index contributed by atoms with van der Waals surface area (Å²) in [5.74, 6) is 0.903. The molecule has 20 heavy (non-hydrogen) atoms. The Morgan fingerprint density at radius 1 is 1.35 bits per heavy atom.